The molecule has 0 aliphatic carbocycles. The predicted octanol–water partition coefficient (Wildman–Crippen LogP) is 2.60. The minimum Gasteiger partial charge on any atom is -0.391 e. The van der Waals surface area contributed by atoms with Crippen LogP contribution in [0.2, 0.25) is 0 Å². The van der Waals surface area contributed by atoms with Gasteiger partial charge in [-0.3, -0.25) is 4.79 Å². The number of hydrogen-bond donors (Lipinski definition) is 2. The summed E-state index contributed by atoms with van der Waals surface area (Å²) in [6, 6.07) is 3.90. The van der Waals surface area contributed by atoms with E-state index < -0.39 is 6.10 Å². The number of amides is 1. The Hall–Kier alpha value is -1.29. The van der Waals surface area contributed by atoms with E-state index in [2.05, 4.69) is 26.1 Å². The lowest BCUT2D eigenvalue weighted by molar-refractivity contribution is 0.0859. The van der Waals surface area contributed by atoms with Crippen LogP contribution >= 0.6 is 0 Å². The summed E-state index contributed by atoms with van der Waals surface area (Å²) in [5, 5.41) is 12.7. The molecule has 1 aromatic rings. The zero-order valence-electron chi connectivity index (χ0n) is 12.6. The average Bonchev–Trinajstić information content (AvgIpc) is 2.72. The van der Waals surface area contributed by atoms with E-state index in [9.17, 15) is 9.90 Å². The van der Waals surface area contributed by atoms with Crippen LogP contribution in [0.15, 0.2) is 18.3 Å². The first kappa shape index (κ1) is 15.8. The molecule has 0 radical (unpaired) electrons. The van der Waals surface area contributed by atoms with E-state index in [0.29, 0.717) is 18.7 Å². The number of aliphatic hydroxyl groups excluding tert-OH is 1. The number of aliphatic hydroxyl groups is 1. The molecule has 108 valence electrons. The summed E-state index contributed by atoms with van der Waals surface area (Å²) >= 11 is 0. The van der Waals surface area contributed by atoms with Crippen LogP contribution in [0.3, 0.4) is 0 Å². The highest BCUT2D eigenvalue weighted by Crippen LogP contribution is 2.20. The lowest BCUT2D eigenvalue weighted by Crippen LogP contribution is -2.35. The van der Waals surface area contributed by atoms with Crippen molar-refractivity contribution >= 4 is 5.91 Å². The van der Waals surface area contributed by atoms with Crippen LogP contribution in [-0.2, 0) is 0 Å². The molecule has 0 saturated carbocycles. The molecule has 0 saturated heterocycles. The highest BCUT2D eigenvalue weighted by atomic mass is 16.3. The molecule has 1 rings (SSSR count). The first-order valence-corrected chi connectivity index (χ1v) is 6.84. The van der Waals surface area contributed by atoms with Crippen LogP contribution in [0.4, 0.5) is 0 Å². The highest BCUT2D eigenvalue weighted by molar-refractivity contribution is 5.92. The molecule has 1 aromatic heterocycles. The fourth-order valence-electron chi connectivity index (χ4n) is 2.12. The summed E-state index contributed by atoms with van der Waals surface area (Å²) in [6.07, 6.45) is 2.05. The van der Waals surface area contributed by atoms with Gasteiger partial charge in [0.05, 0.1) is 6.10 Å². The third kappa shape index (κ3) is 5.07. The van der Waals surface area contributed by atoms with Gasteiger partial charge in [-0.25, -0.2) is 0 Å². The normalized spacial score (nSPS) is 13.6. The first-order valence-electron chi connectivity index (χ1n) is 6.84. The SMILES string of the molecule is CC(C)n1cccc1C(=O)NCC(O)CC(C)(C)C. The number of nitrogens with zero attached hydrogens (tertiary/aromatic N) is 1. The van der Waals surface area contributed by atoms with Gasteiger partial charge in [0.25, 0.3) is 5.91 Å². The van der Waals surface area contributed by atoms with E-state index in [1.807, 2.05) is 30.7 Å². The quantitative estimate of drug-likeness (QED) is 0.860. The van der Waals surface area contributed by atoms with Gasteiger partial charge >= 0.3 is 0 Å². The van der Waals surface area contributed by atoms with Crippen LogP contribution in [0.5, 0.6) is 0 Å². The summed E-state index contributed by atoms with van der Waals surface area (Å²) < 4.78 is 1.92. The zero-order valence-corrected chi connectivity index (χ0v) is 12.6. The number of hydrogen-bond acceptors (Lipinski definition) is 2. The Balaban J connectivity index is 2.54. The second-order valence-electron chi connectivity index (χ2n) is 6.52. The van der Waals surface area contributed by atoms with Gasteiger partial charge in [0.15, 0.2) is 0 Å². The van der Waals surface area contributed by atoms with E-state index in [0.717, 1.165) is 0 Å². The van der Waals surface area contributed by atoms with Crippen molar-refractivity contribution in [1.29, 1.82) is 0 Å². The Morgan fingerprint density at radius 2 is 2.05 bits per heavy atom. The maximum atomic E-state index is 12.1. The molecule has 0 aliphatic heterocycles. The molecule has 0 aliphatic rings. The van der Waals surface area contributed by atoms with Crippen LogP contribution in [0.25, 0.3) is 0 Å². The maximum absolute atomic E-state index is 12.1. The van der Waals surface area contributed by atoms with Gasteiger partial charge in [0.1, 0.15) is 5.69 Å². The first-order chi connectivity index (χ1) is 8.70. The lowest BCUT2D eigenvalue weighted by atomic mass is 9.89. The summed E-state index contributed by atoms with van der Waals surface area (Å²) in [5.41, 5.74) is 0.695. The lowest BCUT2D eigenvalue weighted by Gasteiger charge is -2.22. The molecular formula is C15H26N2O2. The number of aromatic nitrogens is 1. The molecule has 4 nitrogen and oxygen atoms in total. The molecule has 2 N–H and O–H groups in total. The summed E-state index contributed by atoms with van der Waals surface area (Å²) in [7, 11) is 0. The van der Waals surface area contributed by atoms with Crippen LogP contribution in [0, 0.1) is 5.41 Å². The van der Waals surface area contributed by atoms with Crippen molar-refractivity contribution in [3.05, 3.63) is 24.0 Å². The average molecular weight is 266 g/mol. The highest BCUT2D eigenvalue weighted by Gasteiger charge is 2.18. The van der Waals surface area contributed by atoms with Crippen molar-refractivity contribution in [3.63, 3.8) is 0 Å². The van der Waals surface area contributed by atoms with Crippen molar-refractivity contribution in [2.45, 2.75) is 53.2 Å². The van der Waals surface area contributed by atoms with E-state index in [1.165, 1.54) is 0 Å². The van der Waals surface area contributed by atoms with E-state index in [4.69, 9.17) is 0 Å². The van der Waals surface area contributed by atoms with Gasteiger partial charge in [-0.15, -0.1) is 0 Å². The molecule has 1 unspecified atom stereocenters. The fourth-order valence-corrected chi connectivity index (χ4v) is 2.12. The molecule has 19 heavy (non-hydrogen) atoms. The van der Waals surface area contributed by atoms with Crippen molar-refractivity contribution in [3.8, 4) is 0 Å². The van der Waals surface area contributed by atoms with Gasteiger partial charge in [-0.2, -0.15) is 0 Å². The minimum atomic E-state index is -0.508. The monoisotopic (exact) mass is 266 g/mol. The Bertz CT molecular complexity index is 416. The second kappa shape index (κ2) is 6.24. The minimum absolute atomic E-state index is 0.0578. The fraction of sp³-hybridized carbons (Fsp3) is 0.667. The molecule has 0 fully saturated rings. The summed E-state index contributed by atoms with van der Waals surface area (Å²) in [6.45, 7) is 10.6. The molecule has 0 bridgehead atoms. The van der Waals surface area contributed by atoms with Gasteiger partial charge in [-0.05, 0) is 37.8 Å². The van der Waals surface area contributed by atoms with Crippen molar-refractivity contribution in [2.24, 2.45) is 5.41 Å². The number of rotatable bonds is 5. The van der Waals surface area contributed by atoms with Gasteiger partial charge in [-0.1, -0.05) is 20.8 Å². The van der Waals surface area contributed by atoms with E-state index in [-0.39, 0.29) is 17.4 Å². The van der Waals surface area contributed by atoms with Crippen LogP contribution < -0.4 is 5.32 Å². The summed E-state index contributed by atoms with van der Waals surface area (Å²) in [5.74, 6) is -0.133. The third-order valence-electron chi connectivity index (χ3n) is 2.91. The molecule has 0 spiro atoms. The topological polar surface area (TPSA) is 54.3 Å². The Labute approximate surface area is 115 Å². The van der Waals surface area contributed by atoms with E-state index >= 15 is 0 Å². The van der Waals surface area contributed by atoms with Crippen molar-refractivity contribution < 1.29 is 9.90 Å². The molecular weight excluding hydrogens is 240 g/mol. The second-order valence-corrected chi connectivity index (χ2v) is 6.52. The zero-order chi connectivity index (χ0) is 14.6. The smallest absolute Gasteiger partial charge is 0.268 e. The van der Waals surface area contributed by atoms with E-state index in [1.54, 1.807) is 6.07 Å². The number of nitrogens with one attached hydrogen (secondary N) is 1. The number of carbonyl (C=O) groups is 1. The van der Waals surface area contributed by atoms with Gasteiger partial charge in [0.2, 0.25) is 0 Å². The van der Waals surface area contributed by atoms with Gasteiger partial charge in [0, 0.05) is 18.8 Å². The molecule has 4 heteroatoms. The third-order valence-corrected chi connectivity index (χ3v) is 2.91. The molecule has 0 aromatic carbocycles. The summed E-state index contributed by atoms with van der Waals surface area (Å²) in [4.78, 5) is 12.1. The van der Waals surface area contributed by atoms with Crippen molar-refractivity contribution in [2.75, 3.05) is 6.54 Å². The maximum Gasteiger partial charge on any atom is 0.268 e. The van der Waals surface area contributed by atoms with Crippen LogP contribution in [-0.4, -0.2) is 28.2 Å². The molecule has 1 atom stereocenters. The standard InChI is InChI=1S/C15H26N2O2/c1-11(2)17-8-6-7-13(17)14(19)16-10-12(18)9-15(3,4)5/h6-8,11-12,18H,9-10H2,1-5H3,(H,16,19). The molecule has 1 heterocycles. The van der Waals surface area contributed by atoms with Crippen molar-refractivity contribution in [1.82, 2.24) is 9.88 Å². The number of carbonyl (C=O) groups excluding carboxylic acids is 1. The van der Waals surface area contributed by atoms with Gasteiger partial charge < -0.3 is 15.0 Å². The Kier molecular flexibility index (Phi) is 5.18. The Morgan fingerprint density at radius 1 is 1.42 bits per heavy atom. The molecule has 1 amide bonds. The van der Waals surface area contributed by atoms with Crippen LogP contribution in [0.1, 0.15) is 57.6 Å². The Morgan fingerprint density at radius 3 is 2.58 bits per heavy atom. The predicted molar refractivity (Wildman–Crippen MR) is 77.2 cm³/mol. The largest absolute Gasteiger partial charge is 0.391 e.